The molecule has 0 heterocycles. The quantitative estimate of drug-likeness (QED) is 0.597. The van der Waals surface area contributed by atoms with Crippen LogP contribution in [0.4, 0.5) is 0 Å². The van der Waals surface area contributed by atoms with Crippen LogP contribution in [0.25, 0.3) is 0 Å². The van der Waals surface area contributed by atoms with Crippen molar-refractivity contribution in [2.75, 3.05) is 13.2 Å². The normalized spacial score (nSPS) is 40.5. The molecule has 60 valence electrons. The Morgan fingerprint density at radius 3 is 1.70 bits per heavy atom. The molecule has 1 saturated carbocycles. The first-order valence-corrected chi connectivity index (χ1v) is 4.01. The Morgan fingerprint density at radius 2 is 1.50 bits per heavy atom. The summed E-state index contributed by atoms with van der Waals surface area (Å²) >= 11 is 0. The molecule has 10 heavy (non-hydrogen) atoms. The maximum Gasteiger partial charge on any atom is 0.0461 e. The molecule has 1 rings (SSSR count). The third-order valence-electron chi connectivity index (χ3n) is 2.86. The summed E-state index contributed by atoms with van der Waals surface area (Å²) in [6.07, 6.45) is 2.17. The highest BCUT2D eigenvalue weighted by Gasteiger charge is 2.31. The van der Waals surface area contributed by atoms with Crippen molar-refractivity contribution in [3.8, 4) is 0 Å². The van der Waals surface area contributed by atoms with Crippen LogP contribution in [-0.4, -0.2) is 23.4 Å². The van der Waals surface area contributed by atoms with E-state index in [1.807, 2.05) is 0 Å². The molecule has 0 amide bonds. The molecule has 0 spiro atoms. The molecule has 0 radical (unpaired) electrons. The lowest BCUT2D eigenvalue weighted by molar-refractivity contribution is 0.154. The van der Waals surface area contributed by atoms with E-state index in [9.17, 15) is 0 Å². The molecular formula is C8H16O2. The summed E-state index contributed by atoms with van der Waals surface area (Å²) in [5.74, 6) is 1.39. The maximum atomic E-state index is 8.87. The maximum absolute atomic E-state index is 8.87. The molecule has 1 aliphatic carbocycles. The predicted molar refractivity (Wildman–Crippen MR) is 39.5 cm³/mol. The Morgan fingerprint density at radius 1 is 1.10 bits per heavy atom. The van der Waals surface area contributed by atoms with E-state index in [2.05, 4.69) is 6.92 Å². The lowest BCUT2D eigenvalue weighted by Crippen LogP contribution is -2.16. The molecule has 0 aromatic carbocycles. The zero-order valence-electron chi connectivity index (χ0n) is 6.45. The second-order valence-corrected chi connectivity index (χ2v) is 3.32. The van der Waals surface area contributed by atoms with Gasteiger partial charge in [0.05, 0.1) is 0 Å². The van der Waals surface area contributed by atoms with E-state index in [0.717, 1.165) is 12.8 Å². The zero-order chi connectivity index (χ0) is 7.56. The summed E-state index contributed by atoms with van der Waals surface area (Å²) in [4.78, 5) is 0. The minimum atomic E-state index is 0.289. The van der Waals surface area contributed by atoms with Crippen molar-refractivity contribution in [1.29, 1.82) is 0 Å². The monoisotopic (exact) mass is 144 g/mol. The van der Waals surface area contributed by atoms with Crippen molar-refractivity contribution >= 4 is 0 Å². The minimum Gasteiger partial charge on any atom is -0.396 e. The van der Waals surface area contributed by atoms with Crippen molar-refractivity contribution in [1.82, 2.24) is 0 Å². The van der Waals surface area contributed by atoms with Crippen molar-refractivity contribution in [3.63, 3.8) is 0 Å². The molecule has 0 bridgehead atoms. The van der Waals surface area contributed by atoms with Crippen LogP contribution in [0.15, 0.2) is 0 Å². The molecule has 2 atom stereocenters. The van der Waals surface area contributed by atoms with Crippen LogP contribution in [0.2, 0.25) is 0 Å². The standard InChI is InChI=1S/C8H16O2/c1-6-7(4-9)2-3-8(6)5-10/h6-10H,2-5H2,1H3. The van der Waals surface area contributed by atoms with Gasteiger partial charge in [0, 0.05) is 13.2 Å². The van der Waals surface area contributed by atoms with E-state index in [1.165, 1.54) is 0 Å². The summed E-state index contributed by atoms with van der Waals surface area (Å²) in [6.45, 7) is 2.70. The van der Waals surface area contributed by atoms with Gasteiger partial charge in [0.15, 0.2) is 0 Å². The highest BCUT2D eigenvalue weighted by molar-refractivity contribution is 4.80. The summed E-state index contributed by atoms with van der Waals surface area (Å²) in [5.41, 5.74) is 0. The van der Waals surface area contributed by atoms with Crippen LogP contribution in [-0.2, 0) is 0 Å². The molecule has 2 nitrogen and oxygen atoms in total. The molecular weight excluding hydrogens is 128 g/mol. The fraction of sp³-hybridized carbons (Fsp3) is 1.00. The Bertz CT molecular complexity index is 91.4. The van der Waals surface area contributed by atoms with E-state index in [4.69, 9.17) is 10.2 Å². The third kappa shape index (κ3) is 1.32. The first kappa shape index (κ1) is 8.02. The topological polar surface area (TPSA) is 40.5 Å². The van der Waals surface area contributed by atoms with Crippen LogP contribution in [0.1, 0.15) is 19.8 Å². The van der Waals surface area contributed by atoms with Crippen LogP contribution in [0.5, 0.6) is 0 Å². The molecule has 0 aliphatic heterocycles. The minimum absolute atomic E-state index is 0.289. The van der Waals surface area contributed by atoms with Gasteiger partial charge >= 0.3 is 0 Å². The number of aliphatic hydroxyl groups is 2. The Labute approximate surface area is 61.9 Å². The predicted octanol–water partition coefficient (Wildman–Crippen LogP) is 0.633. The van der Waals surface area contributed by atoms with Gasteiger partial charge in [-0.25, -0.2) is 0 Å². The first-order chi connectivity index (χ1) is 4.79. The molecule has 2 heteroatoms. The lowest BCUT2D eigenvalue weighted by Gasteiger charge is -2.16. The van der Waals surface area contributed by atoms with Gasteiger partial charge in [-0.3, -0.25) is 0 Å². The van der Waals surface area contributed by atoms with Crippen molar-refractivity contribution < 1.29 is 10.2 Å². The molecule has 2 N–H and O–H groups in total. The Hall–Kier alpha value is -0.0800. The average Bonchev–Trinajstić information content (AvgIpc) is 2.30. The second-order valence-electron chi connectivity index (χ2n) is 3.32. The van der Waals surface area contributed by atoms with Gasteiger partial charge in [0.25, 0.3) is 0 Å². The number of rotatable bonds is 2. The van der Waals surface area contributed by atoms with E-state index < -0.39 is 0 Å². The van der Waals surface area contributed by atoms with Gasteiger partial charge < -0.3 is 10.2 Å². The van der Waals surface area contributed by atoms with E-state index in [-0.39, 0.29) is 13.2 Å². The van der Waals surface area contributed by atoms with E-state index >= 15 is 0 Å². The molecule has 2 unspecified atom stereocenters. The van der Waals surface area contributed by atoms with Crippen molar-refractivity contribution in [3.05, 3.63) is 0 Å². The fourth-order valence-electron chi connectivity index (χ4n) is 1.85. The average molecular weight is 144 g/mol. The fourth-order valence-corrected chi connectivity index (χ4v) is 1.85. The zero-order valence-corrected chi connectivity index (χ0v) is 6.45. The largest absolute Gasteiger partial charge is 0.396 e. The summed E-state index contributed by atoms with van der Waals surface area (Å²) in [7, 11) is 0. The summed E-state index contributed by atoms with van der Waals surface area (Å²) in [5, 5.41) is 17.7. The van der Waals surface area contributed by atoms with Gasteiger partial charge in [0.2, 0.25) is 0 Å². The SMILES string of the molecule is CC1C(CO)CCC1CO. The van der Waals surface area contributed by atoms with Gasteiger partial charge in [-0.2, -0.15) is 0 Å². The lowest BCUT2D eigenvalue weighted by atomic mass is 9.92. The van der Waals surface area contributed by atoms with Crippen molar-refractivity contribution in [2.24, 2.45) is 17.8 Å². The summed E-state index contributed by atoms with van der Waals surface area (Å²) in [6, 6.07) is 0. The van der Waals surface area contributed by atoms with E-state index in [0.29, 0.717) is 17.8 Å². The van der Waals surface area contributed by atoms with Crippen molar-refractivity contribution in [2.45, 2.75) is 19.8 Å². The Balaban J connectivity index is 2.41. The highest BCUT2D eigenvalue weighted by atomic mass is 16.3. The van der Waals surface area contributed by atoms with Crippen LogP contribution < -0.4 is 0 Å². The number of hydrogen-bond acceptors (Lipinski definition) is 2. The second kappa shape index (κ2) is 3.35. The summed E-state index contributed by atoms with van der Waals surface area (Å²) < 4.78 is 0. The van der Waals surface area contributed by atoms with Gasteiger partial charge in [-0.1, -0.05) is 6.92 Å². The molecule has 0 aromatic heterocycles. The van der Waals surface area contributed by atoms with Gasteiger partial charge in [0.1, 0.15) is 0 Å². The van der Waals surface area contributed by atoms with Gasteiger partial charge in [-0.05, 0) is 30.6 Å². The van der Waals surface area contributed by atoms with Crippen LogP contribution >= 0.6 is 0 Å². The van der Waals surface area contributed by atoms with Gasteiger partial charge in [-0.15, -0.1) is 0 Å². The number of hydrogen-bond donors (Lipinski definition) is 2. The molecule has 0 aromatic rings. The van der Waals surface area contributed by atoms with E-state index in [1.54, 1.807) is 0 Å². The van der Waals surface area contributed by atoms with Crippen LogP contribution in [0, 0.1) is 17.8 Å². The highest BCUT2D eigenvalue weighted by Crippen LogP contribution is 2.35. The number of aliphatic hydroxyl groups excluding tert-OH is 2. The molecule has 1 aliphatic rings. The smallest absolute Gasteiger partial charge is 0.0461 e. The Kier molecular flexibility index (Phi) is 2.69. The van der Waals surface area contributed by atoms with Crippen LogP contribution in [0.3, 0.4) is 0 Å². The first-order valence-electron chi connectivity index (χ1n) is 4.01. The third-order valence-corrected chi connectivity index (χ3v) is 2.86. The molecule has 1 fully saturated rings. The molecule has 0 saturated heterocycles.